The molecular weight excluding hydrogens is 294 g/mol. The Labute approximate surface area is 136 Å². The van der Waals surface area contributed by atoms with E-state index in [9.17, 15) is 10.2 Å². The van der Waals surface area contributed by atoms with Crippen molar-refractivity contribution in [2.24, 2.45) is 5.92 Å². The van der Waals surface area contributed by atoms with Gasteiger partial charge in [-0.2, -0.15) is 0 Å². The van der Waals surface area contributed by atoms with Crippen molar-refractivity contribution < 1.29 is 15.3 Å². The fourth-order valence-electron chi connectivity index (χ4n) is 2.41. The predicted molar refractivity (Wildman–Crippen MR) is 87.9 cm³/mol. The van der Waals surface area contributed by atoms with Crippen LogP contribution < -0.4 is 5.32 Å². The Balaban J connectivity index is 1.72. The number of aryl methyl sites for hydroxylation is 1. The van der Waals surface area contributed by atoms with Crippen LogP contribution in [0.1, 0.15) is 30.6 Å². The van der Waals surface area contributed by atoms with Crippen LogP contribution in [0.5, 0.6) is 5.75 Å². The zero-order valence-corrected chi connectivity index (χ0v) is 13.4. The van der Waals surface area contributed by atoms with E-state index in [0.717, 1.165) is 19.5 Å². The minimum absolute atomic E-state index is 0.0459. The second-order valence-corrected chi connectivity index (χ2v) is 5.91. The van der Waals surface area contributed by atoms with Crippen molar-refractivity contribution in [3.63, 3.8) is 0 Å². The number of phenols is 1. The van der Waals surface area contributed by atoms with Gasteiger partial charge in [0, 0.05) is 31.0 Å². The lowest BCUT2D eigenvalue weighted by Crippen LogP contribution is -2.26. The third-order valence-electron chi connectivity index (χ3n) is 3.93. The molecule has 1 aromatic carbocycles. The van der Waals surface area contributed by atoms with Crippen molar-refractivity contribution in [2.45, 2.75) is 32.6 Å². The molecule has 0 radical (unpaired) electrons. The first-order valence-corrected chi connectivity index (χ1v) is 7.87. The number of hydrogen-bond acceptors (Lipinski definition) is 5. The molecule has 6 nitrogen and oxygen atoms in total. The highest BCUT2D eigenvalue weighted by atomic mass is 16.3. The van der Waals surface area contributed by atoms with Crippen LogP contribution in [-0.2, 0) is 13.2 Å². The summed E-state index contributed by atoms with van der Waals surface area (Å²) < 4.78 is 2.05. The van der Waals surface area contributed by atoms with Gasteiger partial charge in [0.25, 0.3) is 0 Å². The van der Waals surface area contributed by atoms with E-state index >= 15 is 0 Å². The molecule has 0 aliphatic heterocycles. The quantitative estimate of drug-likeness (QED) is 0.561. The molecule has 2 unspecified atom stereocenters. The van der Waals surface area contributed by atoms with E-state index in [1.54, 1.807) is 18.3 Å². The molecule has 0 saturated heterocycles. The van der Waals surface area contributed by atoms with Crippen LogP contribution in [0.25, 0.3) is 0 Å². The van der Waals surface area contributed by atoms with Crippen LogP contribution in [0, 0.1) is 5.92 Å². The summed E-state index contributed by atoms with van der Waals surface area (Å²) in [4.78, 5) is 4.02. The number of hydrogen-bond donors (Lipinski definition) is 4. The Morgan fingerprint density at radius 2 is 2.13 bits per heavy atom. The second kappa shape index (κ2) is 8.67. The van der Waals surface area contributed by atoms with Crippen molar-refractivity contribution in [1.29, 1.82) is 0 Å². The van der Waals surface area contributed by atoms with E-state index in [2.05, 4.69) is 21.8 Å². The minimum atomic E-state index is -0.665. The molecule has 1 heterocycles. The van der Waals surface area contributed by atoms with Crippen LogP contribution in [0.3, 0.4) is 0 Å². The van der Waals surface area contributed by atoms with Gasteiger partial charge in [0.1, 0.15) is 5.75 Å². The molecule has 0 aliphatic carbocycles. The Hall–Kier alpha value is -1.89. The van der Waals surface area contributed by atoms with E-state index in [1.807, 2.05) is 12.5 Å². The zero-order chi connectivity index (χ0) is 16.7. The normalized spacial score (nSPS) is 13.9. The van der Waals surface area contributed by atoms with Crippen molar-refractivity contribution >= 4 is 0 Å². The molecule has 0 amide bonds. The number of nitrogens with one attached hydrogen (secondary N) is 1. The predicted octanol–water partition coefficient (Wildman–Crippen LogP) is 1.43. The first-order valence-electron chi connectivity index (χ1n) is 7.87. The van der Waals surface area contributed by atoms with Crippen LogP contribution in [0.15, 0.2) is 36.9 Å². The molecule has 2 rings (SSSR count). The number of aromatic hydroxyl groups is 1. The van der Waals surface area contributed by atoms with Crippen molar-refractivity contribution in [3.05, 3.63) is 48.0 Å². The summed E-state index contributed by atoms with van der Waals surface area (Å²) in [5.41, 5.74) is 1.11. The third-order valence-corrected chi connectivity index (χ3v) is 3.93. The van der Waals surface area contributed by atoms with Gasteiger partial charge >= 0.3 is 0 Å². The van der Waals surface area contributed by atoms with Gasteiger partial charge in [-0.15, -0.1) is 0 Å². The molecular formula is C17H25N3O3. The number of aromatic nitrogens is 2. The molecule has 0 fully saturated rings. The summed E-state index contributed by atoms with van der Waals surface area (Å²) in [7, 11) is 0. The van der Waals surface area contributed by atoms with E-state index in [-0.39, 0.29) is 12.4 Å². The SMILES string of the molecule is CC(CCn1ccnc1)CNCC(O)c1ccc(O)c(CO)c1. The fraction of sp³-hybridized carbons (Fsp3) is 0.471. The van der Waals surface area contributed by atoms with Gasteiger partial charge in [0.05, 0.1) is 19.0 Å². The van der Waals surface area contributed by atoms with E-state index in [0.29, 0.717) is 23.6 Å². The average Bonchev–Trinajstić information content (AvgIpc) is 3.06. The third kappa shape index (κ3) is 5.35. The number of benzene rings is 1. The standard InChI is InChI=1S/C17H25N3O3/c1-13(4-6-20-7-5-18-12-20)9-19-10-17(23)14-2-3-16(22)15(8-14)11-21/h2-3,5,7-8,12-13,17,19,21-23H,4,6,9-11H2,1H3. The van der Waals surface area contributed by atoms with Crippen LogP contribution in [-0.4, -0.2) is 38.0 Å². The number of rotatable bonds is 9. The largest absolute Gasteiger partial charge is 0.508 e. The number of aliphatic hydroxyl groups is 2. The molecule has 1 aromatic heterocycles. The highest BCUT2D eigenvalue weighted by Crippen LogP contribution is 2.22. The van der Waals surface area contributed by atoms with Crippen molar-refractivity contribution in [3.8, 4) is 5.75 Å². The van der Waals surface area contributed by atoms with Gasteiger partial charge in [-0.1, -0.05) is 13.0 Å². The van der Waals surface area contributed by atoms with E-state index in [1.165, 1.54) is 6.07 Å². The molecule has 0 bridgehead atoms. The van der Waals surface area contributed by atoms with Gasteiger partial charge in [0.2, 0.25) is 0 Å². The zero-order valence-electron chi connectivity index (χ0n) is 13.4. The lowest BCUT2D eigenvalue weighted by molar-refractivity contribution is 0.172. The Bertz CT molecular complexity index is 587. The molecule has 0 spiro atoms. The summed E-state index contributed by atoms with van der Waals surface area (Å²) in [5, 5.41) is 32.1. The maximum absolute atomic E-state index is 10.2. The summed E-state index contributed by atoms with van der Waals surface area (Å²) in [5.74, 6) is 0.530. The summed E-state index contributed by atoms with van der Waals surface area (Å²) in [6, 6.07) is 4.80. The molecule has 0 aliphatic rings. The molecule has 126 valence electrons. The second-order valence-electron chi connectivity index (χ2n) is 5.91. The molecule has 2 aromatic rings. The maximum Gasteiger partial charge on any atom is 0.121 e. The summed E-state index contributed by atoms with van der Waals surface area (Å²) in [6.07, 6.45) is 5.91. The number of aliphatic hydroxyl groups excluding tert-OH is 2. The Kier molecular flexibility index (Phi) is 6.58. The lowest BCUT2D eigenvalue weighted by Gasteiger charge is -2.16. The van der Waals surface area contributed by atoms with Gasteiger partial charge in [-0.05, 0) is 36.6 Å². The fourth-order valence-corrected chi connectivity index (χ4v) is 2.41. The van der Waals surface area contributed by atoms with Crippen molar-refractivity contribution in [2.75, 3.05) is 13.1 Å². The minimum Gasteiger partial charge on any atom is -0.508 e. The molecule has 6 heteroatoms. The Morgan fingerprint density at radius 1 is 1.30 bits per heavy atom. The first kappa shape index (κ1) is 17.5. The molecule has 2 atom stereocenters. The highest BCUT2D eigenvalue weighted by molar-refractivity contribution is 5.36. The average molecular weight is 319 g/mol. The topological polar surface area (TPSA) is 90.5 Å². The van der Waals surface area contributed by atoms with Gasteiger partial charge in [-0.3, -0.25) is 0 Å². The number of imidazole rings is 1. The monoisotopic (exact) mass is 319 g/mol. The van der Waals surface area contributed by atoms with Crippen LogP contribution in [0.2, 0.25) is 0 Å². The lowest BCUT2D eigenvalue weighted by atomic mass is 10.0. The smallest absolute Gasteiger partial charge is 0.121 e. The molecule has 23 heavy (non-hydrogen) atoms. The van der Waals surface area contributed by atoms with Gasteiger partial charge in [0.15, 0.2) is 0 Å². The molecule has 4 N–H and O–H groups in total. The van der Waals surface area contributed by atoms with Gasteiger partial charge < -0.3 is 25.2 Å². The summed E-state index contributed by atoms with van der Waals surface area (Å²) >= 11 is 0. The molecule has 0 saturated carbocycles. The number of nitrogens with zero attached hydrogens (tertiary/aromatic N) is 2. The maximum atomic E-state index is 10.2. The van der Waals surface area contributed by atoms with Gasteiger partial charge in [-0.25, -0.2) is 4.98 Å². The van der Waals surface area contributed by atoms with E-state index < -0.39 is 6.10 Å². The van der Waals surface area contributed by atoms with Crippen LogP contribution in [0.4, 0.5) is 0 Å². The highest BCUT2D eigenvalue weighted by Gasteiger charge is 2.11. The first-order chi connectivity index (χ1) is 11.1. The van der Waals surface area contributed by atoms with E-state index in [4.69, 9.17) is 5.11 Å². The summed E-state index contributed by atoms with van der Waals surface area (Å²) in [6.45, 7) is 4.11. The van der Waals surface area contributed by atoms with Crippen molar-refractivity contribution in [1.82, 2.24) is 14.9 Å². The van der Waals surface area contributed by atoms with Crippen LogP contribution >= 0.6 is 0 Å². The Morgan fingerprint density at radius 3 is 2.83 bits per heavy atom.